The molecule has 0 spiro atoms. The van der Waals surface area contributed by atoms with E-state index in [2.05, 4.69) is 16.4 Å². The molecule has 5 heteroatoms. The molecule has 1 fully saturated rings. The third-order valence-corrected chi connectivity index (χ3v) is 4.11. The number of hydrogen-bond donors (Lipinski definition) is 1. The lowest BCUT2D eigenvalue weighted by Gasteiger charge is -2.16. The summed E-state index contributed by atoms with van der Waals surface area (Å²) in [6.45, 7) is 3.98. The first-order chi connectivity index (χ1) is 10.4. The topological polar surface area (TPSA) is 43.4 Å². The lowest BCUT2D eigenvalue weighted by Crippen LogP contribution is -2.16. The van der Waals surface area contributed by atoms with Crippen LogP contribution < -0.4 is 14.8 Å². The predicted octanol–water partition coefficient (Wildman–Crippen LogP) is 3.37. The van der Waals surface area contributed by atoms with Gasteiger partial charge >= 0.3 is 0 Å². The number of aromatic nitrogens is 1. The number of rotatable bonds is 8. The summed E-state index contributed by atoms with van der Waals surface area (Å²) in [5.41, 5.74) is 2.97. The molecule has 0 bridgehead atoms. The molecule has 0 radical (unpaired) electrons. The smallest absolute Gasteiger partial charge is 0.166 e. The van der Waals surface area contributed by atoms with Crippen molar-refractivity contribution in [2.24, 2.45) is 0 Å². The molecule has 1 N–H and O–H groups in total. The highest BCUT2D eigenvalue weighted by molar-refractivity contribution is 7.09. The Hall–Kier alpha value is -1.59. The molecule has 1 aromatic heterocycles. The van der Waals surface area contributed by atoms with E-state index in [0.29, 0.717) is 19.3 Å². The first-order valence-electron chi connectivity index (χ1n) is 7.35. The second-order valence-electron chi connectivity index (χ2n) is 5.09. The third kappa shape index (κ3) is 3.95. The van der Waals surface area contributed by atoms with Gasteiger partial charge < -0.3 is 14.8 Å². The van der Waals surface area contributed by atoms with Gasteiger partial charge in [-0.3, -0.25) is 4.98 Å². The minimum absolute atomic E-state index is 0.533. The lowest BCUT2D eigenvalue weighted by atomic mass is 10.2. The van der Waals surface area contributed by atoms with E-state index < -0.39 is 0 Å². The van der Waals surface area contributed by atoms with Gasteiger partial charge in [0.15, 0.2) is 11.5 Å². The van der Waals surface area contributed by atoms with Crippen LogP contribution in [-0.4, -0.2) is 17.6 Å². The molecule has 3 rings (SSSR count). The Morgan fingerprint density at radius 2 is 2.24 bits per heavy atom. The largest absolute Gasteiger partial charge is 0.490 e. The fourth-order valence-corrected chi connectivity index (χ4v) is 2.64. The van der Waals surface area contributed by atoms with Gasteiger partial charge in [-0.15, -0.1) is 11.3 Å². The molecule has 21 heavy (non-hydrogen) atoms. The second-order valence-corrected chi connectivity index (χ2v) is 6.06. The summed E-state index contributed by atoms with van der Waals surface area (Å²) in [4.78, 5) is 5.19. The van der Waals surface area contributed by atoms with E-state index in [1.165, 1.54) is 12.8 Å². The Morgan fingerprint density at radius 1 is 1.33 bits per heavy atom. The van der Waals surface area contributed by atoms with Crippen molar-refractivity contribution in [2.45, 2.75) is 39.0 Å². The van der Waals surface area contributed by atoms with Gasteiger partial charge in [-0.05, 0) is 25.8 Å². The van der Waals surface area contributed by atoms with Crippen LogP contribution in [0.4, 0.5) is 0 Å². The molecule has 0 atom stereocenters. The molecule has 0 unspecified atom stereocenters. The number of benzene rings is 1. The molecule has 1 aliphatic carbocycles. The lowest BCUT2D eigenvalue weighted by molar-refractivity contribution is 0.268. The van der Waals surface area contributed by atoms with Crippen LogP contribution in [0.5, 0.6) is 11.5 Å². The van der Waals surface area contributed by atoms with Gasteiger partial charge in [-0.2, -0.15) is 0 Å². The molecule has 112 valence electrons. The van der Waals surface area contributed by atoms with Crippen molar-refractivity contribution < 1.29 is 9.47 Å². The number of nitrogens with one attached hydrogen (secondary N) is 1. The standard InChI is InChI=1S/C16H20N2O2S/c1-2-19-15-5-3-4-12(8-18-13-6-7-13)16(15)20-10-14-9-17-11-21-14/h3-5,9,11,13,18H,2,6-8,10H2,1H3. The normalized spacial score (nSPS) is 14.1. The first-order valence-corrected chi connectivity index (χ1v) is 8.23. The van der Waals surface area contributed by atoms with E-state index in [1.54, 1.807) is 11.3 Å². The fourth-order valence-electron chi connectivity index (χ4n) is 2.13. The van der Waals surface area contributed by atoms with E-state index in [1.807, 2.05) is 30.8 Å². The molecule has 0 aliphatic heterocycles. The molecule has 4 nitrogen and oxygen atoms in total. The summed E-state index contributed by atoms with van der Waals surface area (Å²) in [5, 5.41) is 3.53. The third-order valence-electron chi connectivity index (χ3n) is 3.36. The van der Waals surface area contributed by atoms with Crippen LogP contribution in [0.25, 0.3) is 0 Å². The molecule has 0 amide bonds. The molecular weight excluding hydrogens is 284 g/mol. The highest BCUT2D eigenvalue weighted by Gasteiger charge is 2.21. The zero-order valence-corrected chi connectivity index (χ0v) is 13.0. The zero-order valence-electron chi connectivity index (χ0n) is 12.2. The summed E-state index contributed by atoms with van der Waals surface area (Å²) in [6.07, 6.45) is 4.40. The van der Waals surface area contributed by atoms with E-state index >= 15 is 0 Å². The molecule has 2 aromatic rings. The number of nitrogens with zero attached hydrogens (tertiary/aromatic N) is 1. The number of thiazole rings is 1. The van der Waals surface area contributed by atoms with Crippen LogP contribution in [-0.2, 0) is 13.2 Å². The minimum atomic E-state index is 0.533. The maximum Gasteiger partial charge on any atom is 0.166 e. The Kier molecular flexibility index (Phi) is 4.72. The van der Waals surface area contributed by atoms with Crippen LogP contribution in [0, 0.1) is 0 Å². The fraction of sp³-hybridized carbons (Fsp3) is 0.438. The SMILES string of the molecule is CCOc1cccc(CNC2CC2)c1OCc1cncs1. The molecule has 1 saturated carbocycles. The van der Waals surface area contributed by atoms with Crippen LogP contribution in [0.15, 0.2) is 29.9 Å². The summed E-state index contributed by atoms with van der Waals surface area (Å²) in [5.74, 6) is 1.66. The monoisotopic (exact) mass is 304 g/mol. The minimum Gasteiger partial charge on any atom is -0.490 e. The quantitative estimate of drug-likeness (QED) is 0.812. The van der Waals surface area contributed by atoms with Crippen molar-refractivity contribution in [3.8, 4) is 11.5 Å². The zero-order chi connectivity index (χ0) is 14.5. The summed E-state index contributed by atoms with van der Waals surface area (Å²) >= 11 is 1.60. The van der Waals surface area contributed by atoms with Gasteiger partial charge in [0.05, 0.1) is 17.0 Å². The number of para-hydroxylation sites is 1. The Bertz CT molecular complexity index is 568. The predicted molar refractivity (Wildman–Crippen MR) is 83.9 cm³/mol. The van der Waals surface area contributed by atoms with Crippen LogP contribution in [0.1, 0.15) is 30.2 Å². The van der Waals surface area contributed by atoms with Gasteiger partial charge in [-0.25, -0.2) is 0 Å². The maximum atomic E-state index is 6.02. The Balaban J connectivity index is 1.74. The molecule has 0 saturated heterocycles. The first kappa shape index (κ1) is 14.4. The average molecular weight is 304 g/mol. The van der Waals surface area contributed by atoms with Crippen molar-refractivity contribution in [1.82, 2.24) is 10.3 Å². The number of hydrogen-bond acceptors (Lipinski definition) is 5. The van der Waals surface area contributed by atoms with Crippen molar-refractivity contribution >= 4 is 11.3 Å². The van der Waals surface area contributed by atoms with Crippen molar-refractivity contribution in [3.63, 3.8) is 0 Å². The highest BCUT2D eigenvalue weighted by Crippen LogP contribution is 2.33. The van der Waals surface area contributed by atoms with Crippen molar-refractivity contribution in [2.75, 3.05) is 6.61 Å². The molecule has 1 aliphatic rings. The van der Waals surface area contributed by atoms with Crippen LogP contribution in [0.2, 0.25) is 0 Å². The molecule has 1 heterocycles. The molecule has 1 aromatic carbocycles. The van der Waals surface area contributed by atoms with E-state index in [4.69, 9.17) is 9.47 Å². The van der Waals surface area contributed by atoms with Crippen molar-refractivity contribution in [1.29, 1.82) is 0 Å². The van der Waals surface area contributed by atoms with E-state index in [9.17, 15) is 0 Å². The maximum absolute atomic E-state index is 6.02. The summed E-state index contributed by atoms with van der Waals surface area (Å²) in [7, 11) is 0. The Morgan fingerprint density at radius 3 is 2.95 bits per heavy atom. The van der Waals surface area contributed by atoms with Crippen LogP contribution in [0.3, 0.4) is 0 Å². The highest BCUT2D eigenvalue weighted by atomic mass is 32.1. The van der Waals surface area contributed by atoms with Gasteiger partial charge in [-0.1, -0.05) is 12.1 Å². The average Bonchev–Trinajstić information content (AvgIpc) is 3.18. The van der Waals surface area contributed by atoms with Crippen LogP contribution >= 0.6 is 11.3 Å². The number of ether oxygens (including phenoxy) is 2. The van der Waals surface area contributed by atoms with Gasteiger partial charge in [0.1, 0.15) is 6.61 Å². The van der Waals surface area contributed by atoms with Gasteiger partial charge in [0.25, 0.3) is 0 Å². The summed E-state index contributed by atoms with van der Waals surface area (Å²) < 4.78 is 11.7. The van der Waals surface area contributed by atoms with E-state index in [0.717, 1.165) is 28.5 Å². The molecular formula is C16H20N2O2S. The van der Waals surface area contributed by atoms with Gasteiger partial charge in [0, 0.05) is 24.3 Å². The van der Waals surface area contributed by atoms with Gasteiger partial charge in [0.2, 0.25) is 0 Å². The Labute approximate surface area is 129 Å². The van der Waals surface area contributed by atoms with Crippen molar-refractivity contribution in [3.05, 3.63) is 40.3 Å². The van der Waals surface area contributed by atoms with E-state index in [-0.39, 0.29) is 0 Å². The second kappa shape index (κ2) is 6.91. The summed E-state index contributed by atoms with van der Waals surface area (Å²) in [6, 6.07) is 6.76.